The lowest BCUT2D eigenvalue weighted by molar-refractivity contribution is 0.0669. The minimum absolute atomic E-state index is 0.168. The van der Waals surface area contributed by atoms with Crippen molar-refractivity contribution in [1.29, 1.82) is 0 Å². The van der Waals surface area contributed by atoms with E-state index in [-0.39, 0.29) is 5.91 Å². The Labute approximate surface area is 176 Å². The van der Waals surface area contributed by atoms with Gasteiger partial charge in [0.15, 0.2) is 5.82 Å². The first-order valence-corrected chi connectivity index (χ1v) is 10.4. The highest BCUT2D eigenvalue weighted by Crippen LogP contribution is 2.39. The predicted octanol–water partition coefficient (Wildman–Crippen LogP) is 2.50. The minimum atomic E-state index is -0.426. The molecule has 2 aliphatic rings. The SMILES string of the molecule is Cn1nc(C2CC2)nc1C(=O)N1CCc2[nH]cnc2[C@H]1c1cc2c(Cl)cccn2n1. The molecular weight excluding hydrogens is 404 g/mol. The molecule has 5 heterocycles. The van der Waals surface area contributed by atoms with Crippen molar-refractivity contribution in [2.75, 3.05) is 6.54 Å². The largest absolute Gasteiger partial charge is 0.348 e. The van der Waals surface area contributed by atoms with Crippen molar-refractivity contribution in [2.24, 2.45) is 7.05 Å². The lowest BCUT2D eigenvalue weighted by atomic mass is 9.99. The van der Waals surface area contributed by atoms with Crippen LogP contribution >= 0.6 is 11.6 Å². The highest BCUT2D eigenvalue weighted by atomic mass is 35.5. The maximum Gasteiger partial charge on any atom is 0.292 e. The van der Waals surface area contributed by atoms with Crippen LogP contribution in [0.1, 0.15) is 58.3 Å². The Hall–Kier alpha value is -3.20. The number of halogens is 1. The van der Waals surface area contributed by atoms with Crippen LogP contribution in [0.5, 0.6) is 0 Å². The number of amides is 1. The van der Waals surface area contributed by atoms with Crippen molar-refractivity contribution in [3.8, 4) is 0 Å². The molecule has 1 fully saturated rings. The van der Waals surface area contributed by atoms with Crippen LogP contribution in [-0.4, -0.2) is 51.7 Å². The third-order valence-electron chi connectivity index (χ3n) is 5.85. The fourth-order valence-electron chi connectivity index (χ4n) is 4.16. The standard InChI is InChI=1S/C20H19ClN8O/c1-27-19(24-18(26-27)11-4-5-11)20(30)28-8-6-13-16(23-10-22-13)17(28)14-9-15-12(21)3-2-7-29(15)25-14/h2-3,7,9-11,17H,4-6,8H2,1H3,(H,22,23)/t17-/m1/s1. The molecule has 0 radical (unpaired) electrons. The maximum atomic E-state index is 13.6. The molecule has 1 atom stereocenters. The van der Waals surface area contributed by atoms with Crippen LogP contribution in [-0.2, 0) is 13.5 Å². The topological polar surface area (TPSA) is 97.0 Å². The summed E-state index contributed by atoms with van der Waals surface area (Å²) in [5.41, 5.74) is 3.33. The van der Waals surface area contributed by atoms with E-state index in [1.165, 1.54) is 0 Å². The van der Waals surface area contributed by atoms with Gasteiger partial charge >= 0.3 is 0 Å². The quantitative estimate of drug-likeness (QED) is 0.547. The van der Waals surface area contributed by atoms with Crippen LogP contribution in [0.2, 0.25) is 5.02 Å². The molecule has 4 aromatic rings. The zero-order chi connectivity index (χ0) is 20.4. The Morgan fingerprint density at radius 3 is 2.97 bits per heavy atom. The Kier molecular flexibility index (Phi) is 3.76. The molecule has 152 valence electrons. The van der Waals surface area contributed by atoms with Gasteiger partial charge in [0.05, 0.1) is 28.3 Å². The average molecular weight is 423 g/mol. The van der Waals surface area contributed by atoms with Gasteiger partial charge in [0.2, 0.25) is 5.82 Å². The molecule has 9 nitrogen and oxygen atoms in total. The number of H-pyrrole nitrogens is 1. The van der Waals surface area contributed by atoms with Crippen molar-refractivity contribution < 1.29 is 4.79 Å². The number of aromatic nitrogens is 7. The molecule has 0 saturated heterocycles. The zero-order valence-electron chi connectivity index (χ0n) is 16.3. The van der Waals surface area contributed by atoms with E-state index in [1.807, 2.05) is 24.4 Å². The van der Waals surface area contributed by atoms with Gasteiger partial charge in [-0.2, -0.15) is 10.2 Å². The summed E-state index contributed by atoms with van der Waals surface area (Å²) >= 11 is 6.36. The van der Waals surface area contributed by atoms with E-state index >= 15 is 0 Å². The number of rotatable bonds is 3. The number of aryl methyl sites for hydroxylation is 1. The molecular formula is C20H19ClN8O. The summed E-state index contributed by atoms with van der Waals surface area (Å²) in [6, 6.07) is 5.16. The molecule has 0 unspecified atom stereocenters. The van der Waals surface area contributed by atoms with Crippen molar-refractivity contribution in [3.05, 3.63) is 64.5 Å². The zero-order valence-corrected chi connectivity index (χ0v) is 17.0. The van der Waals surface area contributed by atoms with Crippen molar-refractivity contribution in [1.82, 2.24) is 39.2 Å². The number of fused-ring (bicyclic) bond motifs is 2. The fourth-order valence-corrected chi connectivity index (χ4v) is 4.38. The molecule has 1 aliphatic carbocycles. The lowest BCUT2D eigenvalue weighted by Gasteiger charge is -2.33. The summed E-state index contributed by atoms with van der Waals surface area (Å²) in [6.45, 7) is 0.534. The summed E-state index contributed by atoms with van der Waals surface area (Å²) in [7, 11) is 1.77. The summed E-state index contributed by atoms with van der Waals surface area (Å²) in [5.74, 6) is 1.32. The number of carbonyl (C=O) groups is 1. The molecule has 10 heteroatoms. The number of nitrogens with zero attached hydrogens (tertiary/aromatic N) is 7. The molecule has 0 bridgehead atoms. The number of imidazole rings is 1. The Morgan fingerprint density at radius 1 is 1.30 bits per heavy atom. The Balaban J connectivity index is 1.45. The van der Waals surface area contributed by atoms with Gasteiger partial charge < -0.3 is 9.88 Å². The summed E-state index contributed by atoms with van der Waals surface area (Å²) in [6.07, 6.45) is 6.38. The number of pyridine rings is 1. The van der Waals surface area contributed by atoms with Gasteiger partial charge in [0, 0.05) is 37.8 Å². The molecule has 1 aliphatic heterocycles. The molecule has 0 aromatic carbocycles. The normalized spacial score (nSPS) is 18.7. The molecule has 0 spiro atoms. The Bertz CT molecular complexity index is 1280. The second-order valence-corrected chi connectivity index (χ2v) is 8.27. The van der Waals surface area contributed by atoms with E-state index in [0.29, 0.717) is 35.4 Å². The van der Waals surface area contributed by atoms with Crippen LogP contribution in [0.15, 0.2) is 30.7 Å². The van der Waals surface area contributed by atoms with Gasteiger partial charge in [-0.05, 0) is 31.0 Å². The van der Waals surface area contributed by atoms with Gasteiger partial charge in [-0.3, -0.25) is 4.79 Å². The Morgan fingerprint density at radius 2 is 2.17 bits per heavy atom. The van der Waals surface area contributed by atoms with Gasteiger partial charge in [-0.15, -0.1) is 0 Å². The van der Waals surface area contributed by atoms with E-state index in [2.05, 4.69) is 20.1 Å². The lowest BCUT2D eigenvalue weighted by Crippen LogP contribution is -2.42. The highest BCUT2D eigenvalue weighted by Gasteiger charge is 2.38. The van der Waals surface area contributed by atoms with Crippen molar-refractivity contribution >= 4 is 23.0 Å². The molecule has 6 rings (SSSR count). The minimum Gasteiger partial charge on any atom is -0.348 e. The monoisotopic (exact) mass is 422 g/mol. The van der Waals surface area contributed by atoms with E-state index in [4.69, 9.17) is 16.7 Å². The molecule has 1 saturated carbocycles. The number of carbonyl (C=O) groups excluding carboxylic acids is 1. The predicted molar refractivity (Wildman–Crippen MR) is 108 cm³/mol. The van der Waals surface area contributed by atoms with Gasteiger partial charge in [-0.1, -0.05) is 11.6 Å². The van der Waals surface area contributed by atoms with Crippen LogP contribution < -0.4 is 0 Å². The molecule has 4 aromatic heterocycles. The van der Waals surface area contributed by atoms with Crippen LogP contribution in [0, 0.1) is 0 Å². The smallest absolute Gasteiger partial charge is 0.292 e. The fraction of sp³-hybridized carbons (Fsp3) is 0.350. The number of nitrogens with one attached hydrogen (secondary N) is 1. The van der Waals surface area contributed by atoms with Gasteiger partial charge in [0.1, 0.15) is 6.04 Å². The number of aromatic amines is 1. The number of hydrogen-bond donors (Lipinski definition) is 1. The first-order valence-electron chi connectivity index (χ1n) is 9.98. The third-order valence-corrected chi connectivity index (χ3v) is 6.17. The third kappa shape index (κ3) is 2.65. The summed E-state index contributed by atoms with van der Waals surface area (Å²) in [5, 5.41) is 9.78. The molecule has 30 heavy (non-hydrogen) atoms. The van der Waals surface area contributed by atoms with E-state index in [0.717, 1.165) is 35.6 Å². The molecule has 1 amide bonds. The van der Waals surface area contributed by atoms with E-state index < -0.39 is 6.04 Å². The second-order valence-electron chi connectivity index (χ2n) is 7.86. The second kappa shape index (κ2) is 6.40. The summed E-state index contributed by atoms with van der Waals surface area (Å²) in [4.78, 5) is 27.7. The number of hydrogen-bond acceptors (Lipinski definition) is 5. The first kappa shape index (κ1) is 17.6. The first-order chi connectivity index (χ1) is 14.6. The van der Waals surface area contributed by atoms with E-state index in [9.17, 15) is 4.79 Å². The van der Waals surface area contributed by atoms with E-state index in [1.54, 1.807) is 27.5 Å². The van der Waals surface area contributed by atoms with Gasteiger partial charge in [-0.25, -0.2) is 19.2 Å². The average Bonchev–Trinajstić information content (AvgIpc) is 3.14. The van der Waals surface area contributed by atoms with Crippen LogP contribution in [0.3, 0.4) is 0 Å². The van der Waals surface area contributed by atoms with Crippen molar-refractivity contribution in [2.45, 2.75) is 31.2 Å². The van der Waals surface area contributed by atoms with Crippen LogP contribution in [0.25, 0.3) is 5.52 Å². The maximum absolute atomic E-state index is 13.6. The van der Waals surface area contributed by atoms with Crippen molar-refractivity contribution in [3.63, 3.8) is 0 Å². The highest BCUT2D eigenvalue weighted by molar-refractivity contribution is 6.33. The molecule has 1 N–H and O–H groups in total. The van der Waals surface area contributed by atoms with Gasteiger partial charge in [0.25, 0.3) is 5.91 Å². The summed E-state index contributed by atoms with van der Waals surface area (Å²) < 4.78 is 3.32. The van der Waals surface area contributed by atoms with Crippen LogP contribution in [0.4, 0.5) is 0 Å².